The van der Waals surface area contributed by atoms with Crippen molar-refractivity contribution in [1.29, 1.82) is 0 Å². The van der Waals surface area contributed by atoms with Crippen LogP contribution in [0.2, 0.25) is 0 Å². The number of likely N-dealkylation sites (tertiary alicyclic amines) is 1. The Morgan fingerprint density at radius 3 is 2.60 bits per heavy atom. The summed E-state index contributed by atoms with van der Waals surface area (Å²) >= 11 is 0. The molecule has 1 fully saturated rings. The van der Waals surface area contributed by atoms with Crippen molar-refractivity contribution < 1.29 is 4.79 Å². The smallest absolute Gasteiger partial charge is 0.237 e. The molecule has 3 nitrogen and oxygen atoms in total. The van der Waals surface area contributed by atoms with Gasteiger partial charge >= 0.3 is 0 Å². The summed E-state index contributed by atoms with van der Waals surface area (Å²) in [5, 5.41) is 0. The number of carbonyl (C=O) groups is 1. The van der Waals surface area contributed by atoms with Crippen LogP contribution in [0.1, 0.15) is 51.9 Å². The third kappa shape index (κ3) is 2.71. The molecule has 1 aliphatic heterocycles. The fourth-order valence-corrected chi connectivity index (χ4v) is 2.61. The standard InChI is InChI=1S/C12H24N2O/c1-3-4-5-6-8-12(11(13)15)9-7-10-14(12)2/h3-10H2,1-2H3,(H2,13,15)/t12-/m0/s1. The van der Waals surface area contributed by atoms with E-state index in [0.29, 0.717) is 0 Å². The van der Waals surface area contributed by atoms with E-state index in [-0.39, 0.29) is 11.4 Å². The Labute approximate surface area is 93.0 Å². The molecule has 0 unspecified atom stereocenters. The lowest BCUT2D eigenvalue weighted by Gasteiger charge is -2.33. The van der Waals surface area contributed by atoms with E-state index in [2.05, 4.69) is 11.8 Å². The number of unbranched alkanes of at least 4 members (excludes halogenated alkanes) is 3. The molecule has 0 aromatic heterocycles. The highest BCUT2D eigenvalue weighted by Gasteiger charge is 2.43. The van der Waals surface area contributed by atoms with E-state index in [9.17, 15) is 4.79 Å². The van der Waals surface area contributed by atoms with Crippen LogP contribution < -0.4 is 5.73 Å². The van der Waals surface area contributed by atoms with Crippen molar-refractivity contribution in [1.82, 2.24) is 4.90 Å². The van der Waals surface area contributed by atoms with Gasteiger partial charge in [0, 0.05) is 0 Å². The Balaban J connectivity index is 2.47. The zero-order chi connectivity index (χ0) is 11.3. The van der Waals surface area contributed by atoms with Gasteiger partial charge in [-0.25, -0.2) is 0 Å². The lowest BCUT2D eigenvalue weighted by molar-refractivity contribution is -0.128. The second-order valence-electron chi connectivity index (χ2n) is 4.73. The fraction of sp³-hybridized carbons (Fsp3) is 0.917. The Morgan fingerprint density at radius 1 is 1.40 bits per heavy atom. The number of rotatable bonds is 6. The van der Waals surface area contributed by atoms with E-state index in [4.69, 9.17) is 5.73 Å². The normalized spacial score (nSPS) is 27.1. The Morgan fingerprint density at radius 2 is 2.13 bits per heavy atom. The van der Waals surface area contributed by atoms with E-state index >= 15 is 0 Å². The summed E-state index contributed by atoms with van der Waals surface area (Å²) in [6.07, 6.45) is 7.84. The van der Waals surface area contributed by atoms with Crippen LogP contribution in [0.15, 0.2) is 0 Å². The van der Waals surface area contributed by atoms with Crippen molar-refractivity contribution in [3.8, 4) is 0 Å². The molecular formula is C12H24N2O. The first-order valence-corrected chi connectivity index (χ1v) is 6.14. The SMILES string of the molecule is CCCCCC[C@@]1(C(N)=O)CCCN1C. The summed E-state index contributed by atoms with van der Waals surface area (Å²) < 4.78 is 0. The molecule has 1 amide bonds. The highest BCUT2D eigenvalue weighted by molar-refractivity contribution is 5.84. The van der Waals surface area contributed by atoms with E-state index in [1.807, 2.05) is 7.05 Å². The molecule has 88 valence electrons. The number of nitrogens with two attached hydrogens (primary N) is 1. The zero-order valence-corrected chi connectivity index (χ0v) is 10.1. The second-order valence-corrected chi connectivity index (χ2v) is 4.73. The summed E-state index contributed by atoms with van der Waals surface area (Å²) in [7, 11) is 2.03. The van der Waals surface area contributed by atoms with E-state index in [0.717, 1.165) is 32.2 Å². The van der Waals surface area contributed by atoms with E-state index < -0.39 is 0 Å². The first-order chi connectivity index (χ1) is 7.13. The molecule has 0 bridgehead atoms. The minimum Gasteiger partial charge on any atom is -0.368 e. The molecule has 0 radical (unpaired) electrons. The van der Waals surface area contributed by atoms with Gasteiger partial charge in [-0.1, -0.05) is 32.6 Å². The third-order valence-corrected chi connectivity index (χ3v) is 3.72. The highest BCUT2D eigenvalue weighted by Crippen LogP contribution is 2.32. The van der Waals surface area contributed by atoms with Crippen LogP contribution >= 0.6 is 0 Å². The Hall–Kier alpha value is -0.570. The maximum Gasteiger partial charge on any atom is 0.237 e. The largest absolute Gasteiger partial charge is 0.368 e. The topological polar surface area (TPSA) is 46.3 Å². The van der Waals surface area contributed by atoms with Gasteiger partial charge in [0.25, 0.3) is 0 Å². The second kappa shape index (κ2) is 5.50. The number of carbonyl (C=O) groups excluding carboxylic acids is 1. The molecule has 0 saturated carbocycles. The van der Waals surface area contributed by atoms with Crippen LogP contribution in [0.4, 0.5) is 0 Å². The number of amides is 1. The molecule has 15 heavy (non-hydrogen) atoms. The number of likely N-dealkylation sites (N-methyl/N-ethyl adjacent to an activating group) is 1. The van der Waals surface area contributed by atoms with Gasteiger partial charge in [0.15, 0.2) is 0 Å². The average Bonchev–Trinajstić information content (AvgIpc) is 2.56. The molecule has 1 rings (SSSR count). The molecule has 0 aliphatic carbocycles. The van der Waals surface area contributed by atoms with E-state index in [1.165, 1.54) is 19.3 Å². The minimum atomic E-state index is -0.326. The molecule has 3 heteroatoms. The maximum atomic E-state index is 11.6. The summed E-state index contributed by atoms with van der Waals surface area (Å²) in [6.45, 7) is 3.21. The van der Waals surface area contributed by atoms with Gasteiger partial charge in [0.2, 0.25) is 5.91 Å². The molecular weight excluding hydrogens is 188 g/mol. The van der Waals surface area contributed by atoms with Gasteiger partial charge in [0.1, 0.15) is 0 Å². The van der Waals surface area contributed by atoms with Gasteiger partial charge in [-0.2, -0.15) is 0 Å². The molecule has 1 atom stereocenters. The van der Waals surface area contributed by atoms with Crippen LogP contribution in [-0.2, 0) is 4.79 Å². The quantitative estimate of drug-likeness (QED) is 0.684. The summed E-state index contributed by atoms with van der Waals surface area (Å²) in [5.74, 6) is -0.126. The number of hydrogen-bond acceptors (Lipinski definition) is 2. The van der Waals surface area contributed by atoms with Crippen LogP contribution in [0.3, 0.4) is 0 Å². The monoisotopic (exact) mass is 212 g/mol. The predicted octanol–water partition coefficient (Wildman–Crippen LogP) is 1.91. The number of nitrogens with zero attached hydrogens (tertiary/aromatic N) is 1. The van der Waals surface area contributed by atoms with Crippen molar-refractivity contribution in [3.63, 3.8) is 0 Å². The fourth-order valence-electron chi connectivity index (χ4n) is 2.61. The predicted molar refractivity (Wildman–Crippen MR) is 62.5 cm³/mol. The molecule has 0 aromatic carbocycles. The van der Waals surface area contributed by atoms with Crippen LogP contribution in [0.25, 0.3) is 0 Å². The van der Waals surface area contributed by atoms with Crippen molar-refractivity contribution in [2.45, 2.75) is 57.4 Å². The van der Waals surface area contributed by atoms with Crippen molar-refractivity contribution in [3.05, 3.63) is 0 Å². The van der Waals surface area contributed by atoms with Gasteiger partial charge in [-0.3, -0.25) is 9.69 Å². The van der Waals surface area contributed by atoms with Gasteiger partial charge in [-0.05, 0) is 32.9 Å². The molecule has 0 aromatic rings. The van der Waals surface area contributed by atoms with E-state index in [1.54, 1.807) is 0 Å². The van der Waals surface area contributed by atoms with Crippen LogP contribution in [0, 0.1) is 0 Å². The van der Waals surface area contributed by atoms with Crippen molar-refractivity contribution in [2.75, 3.05) is 13.6 Å². The average molecular weight is 212 g/mol. The highest BCUT2D eigenvalue weighted by atomic mass is 16.1. The first-order valence-electron chi connectivity index (χ1n) is 6.14. The number of hydrogen-bond donors (Lipinski definition) is 1. The van der Waals surface area contributed by atoms with Crippen LogP contribution in [-0.4, -0.2) is 29.9 Å². The molecule has 0 spiro atoms. The maximum absolute atomic E-state index is 11.6. The van der Waals surface area contributed by atoms with Gasteiger partial charge < -0.3 is 5.73 Å². The zero-order valence-electron chi connectivity index (χ0n) is 10.1. The third-order valence-electron chi connectivity index (χ3n) is 3.72. The van der Waals surface area contributed by atoms with Crippen molar-refractivity contribution in [2.24, 2.45) is 5.73 Å². The van der Waals surface area contributed by atoms with Gasteiger partial charge in [-0.15, -0.1) is 0 Å². The Bertz CT molecular complexity index is 218. The molecule has 2 N–H and O–H groups in total. The summed E-state index contributed by atoms with van der Waals surface area (Å²) in [4.78, 5) is 13.7. The lowest BCUT2D eigenvalue weighted by atomic mass is 9.88. The van der Waals surface area contributed by atoms with Gasteiger partial charge in [0.05, 0.1) is 5.54 Å². The summed E-state index contributed by atoms with van der Waals surface area (Å²) in [5.41, 5.74) is 5.23. The van der Waals surface area contributed by atoms with Crippen LogP contribution in [0.5, 0.6) is 0 Å². The van der Waals surface area contributed by atoms with Crippen molar-refractivity contribution >= 4 is 5.91 Å². The Kier molecular flexibility index (Phi) is 4.58. The summed E-state index contributed by atoms with van der Waals surface area (Å²) in [6, 6.07) is 0. The number of primary amides is 1. The molecule has 1 heterocycles. The molecule has 1 saturated heterocycles. The first kappa shape index (κ1) is 12.5. The molecule has 1 aliphatic rings. The lowest BCUT2D eigenvalue weighted by Crippen LogP contribution is -2.52. The minimum absolute atomic E-state index is 0.126.